The monoisotopic (exact) mass is 376 g/mol. The highest BCUT2D eigenvalue weighted by molar-refractivity contribution is 14.1. The van der Waals surface area contributed by atoms with E-state index in [1.54, 1.807) is 0 Å². The van der Waals surface area contributed by atoms with Crippen LogP contribution in [0.3, 0.4) is 0 Å². The molecular weight excluding hydrogens is 362 g/mol. The molecule has 17 heavy (non-hydrogen) atoms. The van der Waals surface area contributed by atoms with Gasteiger partial charge in [0.15, 0.2) is 21.2 Å². The highest BCUT2D eigenvalue weighted by Gasteiger charge is 2.09. The van der Waals surface area contributed by atoms with Gasteiger partial charge in [-0.2, -0.15) is 0 Å². The fourth-order valence-corrected chi connectivity index (χ4v) is 2.25. The van der Waals surface area contributed by atoms with E-state index < -0.39 is 29.0 Å². The van der Waals surface area contributed by atoms with Crippen LogP contribution < -0.4 is 0 Å². The van der Waals surface area contributed by atoms with Crippen molar-refractivity contribution in [2.45, 2.75) is 20.8 Å². The molecule has 0 radical (unpaired) electrons. The Labute approximate surface area is 109 Å². The second-order valence-electron chi connectivity index (χ2n) is 3.39. The molecule has 0 spiro atoms. The maximum atomic E-state index is 10.8. The van der Waals surface area contributed by atoms with Gasteiger partial charge in [-0.25, -0.2) is 4.57 Å². The highest BCUT2D eigenvalue weighted by atomic mass is 127. The van der Waals surface area contributed by atoms with Crippen molar-refractivity contribution in [2.24, 2.45) is 0 Å². The molecular formula is C9H14IO6P. The van der Waals surface area contributed by atoms with Crippen LogP contribution in [0.2, 0.25) is 0 Å². The van der Waals surface area contributed by atoms with Gasteiger partial charge in [0.05, 0.1) is 3.57 Å². The number of aromatic hydroxyl groups is 1. The van der Waals surface area contributed by atoms with Gasteiger partial charge in [-0.1, -0.05) is 6.07 Å². The molecule has 4 N–H and O–H groups in total. The quantitative estimate of drug-likeness (QED) is 0.440. The van der Waals surface area contributed by atoms with Gasteiger partial charge in [-0.15, -0.1) is 0 Å². The molecule has 8 heteroatoms. The van der Waals surface area contributed by atoms with E-state index in [-0.39, 0.29) is 5.75 Å². The van der Waals surface area contributed by atoms with E-state index in [2.05, 4.69) is 0 Å². The van der Waals surface area contributed by atoms with Crippen molar-refractivity contribution in [1.29, 1.82) is 0 Å². The average molecular weight is 376 g/mol. The SMILES string of the molecule is Cc1cc(C)c(I=O)c(O)c1C.O=P(O)(O)O. The first kappa shape index (κ1) is 16.7. The normalized spacial score (nSPS) is 10.7. The minimum Gasteiger partial charge on any atom is -0.506 e. The van der Waals surface area contributed by atoms with Crippen molar-refractivity contribution in [3.05, 3.63) is 26.3 Å². The molecule has 98 valence electrons. The zero-order valence-corrected chi connectivity index (χ0v) is 12.6. The minimum absolute atomic E-state index is 0.218. The molecule has 0 bridgehead atoms. The molecule has 0 unspecified atom stereocenters. The van der Waals surface area contributed by atoms with Crippen LogP contribution in [0, 0.1) is 24.3 Å². The highest BCUT2D eigenvalue weighted by Crippen LogP contribution is 2.31. The smallest absolute Gasteiger partial charge is 0.466 e. The molecule has 1 rings (SSSR count). The number of phenolic OH excluding ortho intramolecular Hbond substituents is 1. The first-order valence-electron chi connectivity index (χ1n) is 4.43. The summed E-state index contributed by atoms with van der Waals surface area (Å²) in [6.45, 7) is 5.65. The molecule has 0 saturated heterocycles. The Bertz CT molecular complexity index is 459. The number of aryl methyl sites for hydroxylation is 2. The summed E-state index contributed by atoms with van der Waals surface area (Å²) in [5.41, 5.74) is 2.82. The van der Waals surface area contributed by atoms with Crippen molar-refractivity contribution in [1.82, 2.24) is 0 Å². The Kier molecular flexibility index (Phi) is 6.42. The van der Waals surface area contributed by atoms with Crippen LogP contribution in [0.5, 0.6) is 5.75 Å². The van der Waals surface area contributed by atoms with Crippen LogP contribution in [0.1, 0.15) is 16.7 Å². The number of hydrogen-bond donors (Lipinski definition) is 4. The van der Waals surface area contributed by atoms with Crippen LogP contribution in [0.4, 0.5) is 0 Å². The molecule has 0 heterocycles. The molecule has 1 aromatic rings. The summed E-state index contributed by atoms with van der Waals surface area (Å²) in [6.07, 6.45) is 0. The lowest BCUT2D eigenvalue weighted by Crippen LogP contribution is -1.89. The second kappa shape index (κ2) is 6.55. The summed E-state index contributed by atoms with van der Waals surface area (Å²) < 4.78 is 20.3. The predicted molar refractivity (Wildman–Crippen MR) is 70.0 cm³/mol. The summed E-state index contributed by atoms with van der Waals surface area (Å²) >= 11 is -1.26. The Morgan fingerprint density at radius 1 is 1.12 bits per heavy atom. The van der Waals surface area contributed by atoms with E-state index in [4.69, 9.17) is 19.2 Å². The molecule has 0 saturated carbocycles. The van der Waals surface area contributed by atoms with E-state index >= 15 is 0 Å². The Morgan fingerprint density at radius 3 is 1.88 bits per heavy atom. The molecule has 0 aliphatic heterocycles. The molecule has 0 amide bonds. The number of benzene rings is 1. The lowest BCUT2D eigenvalue weighted by molar-refractivity contribution is 0.275. The molecule has 0 atom stereocenters. The van der Waals surface area contributed by atoms with Gasteiger partial charge >= 0.3 is 7.82 Å². The number of rotatable bonds is 1. The maximum Gasteiger partial charge on any atom is 0.466 e. The van der Waals surface area contributed by atoms with Crippen molar-refractivity contribution >= 4 is 29.0 Å². The molecule has 0 aliphatic carbocycles. The van der Waals surface area contributed by atoms with Crippen molar-refractivity contribution in [3.8, 4) is 5.75 Å². The third kappa shape index (κ3) is 6.23. The molecule has 1 aromatic carbocycles. The lowest BCUT2D eigenvalue weighted by atomic mass is 10.1. The Morgan fingerprint density at radius 2 is 1.53 bits per heavy atom. The summed E-state index contributed by atoms with van der Waals surface area (Å²) in [6, 6.07) is 1.96. The lowest BCUT2D eigenvalue weighted by Gasteiger charge is -2.07. The first-order chi connectivity index (χ1) is 7.57. The third-order valence-electron chi connectivity index (χ3n) is 2.01. The Balaban J connectivity index is 0.000000437. The van der Waals surface area contributed by atoms with Crippen molar-refractivity contribution in [3.63, 3.8) is 0 Å². The standard InChI is InChI=1S/C9H11IO2.H3O4P/c1-5-4-6(2)8(10-12)9(11)7(5)3;1-5(2,3)4/h4,11H,1-3H3;(H3,1,2,3,4). The van der Waals surface area contributed by atoms with Gasteiger partial charge in [0.25, 0.3) is 0 Å². The van der Waals surface area contributed by atoms with E-state index in [1.807, 2.05) is 26.8 Å². The van der Waals surface area contributed by atoms with E-state index in [1.165, 1.54) is 0 Å². The predicted octanol–water partition coefficient (Wildman–Crippen LogP) is 1.87. The summed E-state index contributed by atoms with van der Waals surface area (Å²) in [5, 5.41) is 9.59. The topological polar surface area (TPSA) is 115 Å². The second-order valence-corrected chi connectivity index (χ2v) is 5.93. The van der Waals surface area contributed by atoms with Gasteiger partial charge in [-0.3, -0.25) is 3.07 Å². The van der Waals surface area contributed by atoms with Crippen LogP contribution in [-0.2, 0) is 7.63 Å². The number of phosphoric acid groups is 1. The van der Waals surface area contributed by atoms with Gasteiger partial charge in [-0.05, 0) is 37.5 Å². The fraction of sp³-hybridized carbons (Fsp3) is 0.333. The van der Waals surface area contributed by atoms with Crippen molar-refractivity contribution in [2.75, 3.05) is 0 Å². The largest absolute Gasteiger partial charge is 0.506 e. The molecule has 0 aromatic heterocycles. The zero-order chi connectivity index (χ0) is 13.8. The molecule has 0 aliphatic rings. The first-order valence-corrected chi connectivity index (χ1v) is 7.95. The summed E-state index contributed by atoms with van der Waals surface area (Å²) in [4.78, 5) is 21.6. The summed E-state index contributed by atoms with van der Waals surface area (Å²) in [7, 11) is -4.64. The zero-order valence-electron chi connectivity index (χ0n) is 9.51. The fourth-order valence-electron chi connectivity index (χ4n) is 1.13. The average Bonchev–Trinajstić information content (AvgIpc) is 2.12. The summed E-state index contributed by atoms with van der Waals surface area (Å²) in [5.74, 6) is 0.218. The van der Waals surface area contributed by atoms with Crippen LogP contribution in [-0.4, -0.2) is 19.8 Å². The molecule has 6 nitrogen and oxygen atoms in total. The number of halogens is 1. The molecule has 0 fully saturated rings. The van der Waals surface area contributed by atoms with E-state index in [0.717, 1.165) is 16.7 Å². The van der Waals surface area contributed by atoms with E-state index in [0.29, 0.717) is 3.57 Å². The maximum absolute atomic E-state index is 10.8. The minimum atomic E-state index is -4.64. The Hall–Kier alpha value is -0.340. The van der Waals surface area contributed by atoms with Crippen LogP contribution >= 0.6 is 29.0 Å². The van der Waals surface area contributed by atoms with Gasteiger partial charge in [0.2, 0.25) is 0 Å². The number of hydrogen-bond acceptors (Lipinski definition) is 3. The van der Waals surface area contributed by atoms with Crippen molar-refractivity contribution < 1.29 is 27.4 Å². The van der Waals surface area contributed by atoms with Gasteiger partial charge < -0.3 is 19.8 Å². The van der Waals surface area contributed by atoms with E-state index in [9.17, 15) is 8.18 Å². The number of phenols is 1. The van der Waals surface area contributed by atoms with Crippen LogP contribution in [0.25, 0.3) is 0 Å². The van der Waals surface area contributed by atoms with Crippen LogP contribution in [0.15, 0.2) is 6.07 Å². The van der Waals surface area contributed by atoms with Gasteiger partial charge in [0, 0.05) is 0 Å². The van der Waals surface area contributed by atoms with Gasteiger partial charge in [0.1, 0.15) is 5.75 Å². The third-order valence-corrected chi connectivity index (χ3v) is 3.81.